The number of hydrogen-bond acceptors (Lipinski definition) is 4. The minimum absolute atomic E-state index is 0.188. The third-order valence-electron chi connectivity index (χ3n) is 2.10. The summed E-state index contributed by atoms with van der Waals surface area (Å²) >= 11 is 0. The zero-order valence-electron chi connectivity index (χ0n) is 10.6. The van der Waals surface area contributed by atoms with Crippen LogP contribution in [0.3, 0.4) is 0 Å². The van der Waals surface area contributed by atoms with Crippen LogP contribution in [0, 0.1) is 0 Å². The maximum Gasteiger partial charge on any atom is 0.321 e. The van der Waals surface area contributed by atoms with Gasteiger partial charge in [0.25, 0.3) is 0 Å². The first kappa shape index (κ1) is 15.4. The summed E-state index contributed by atoms with van der Waals surface area (Å²) in [5.41, 5.74) is 0. The zero-order valence-corrected chi connectivity index (χ0v) is 10.6. The van der Waals surface area contributed by atoms with Gasteiger partial charge in [-0.25, -0.2) is 4.79 Å². The number of rotatable bonds is 5. The minimum atomic E-state index is -0.634. The van der Waals surface area contributed by atoms with Gasteiger partial charge in [-0.15, -0.1) is 0 Å². The topological polar surface area (TPSA) is 99.3 Å². The van der Waals surface area contributed by atoms with E-state index in [2.05, 4.69) is 21.3 Å². The van der Waals surface area contributed by atoms with Gasteiger partial charge in [-0.2, -0.15) is 0 Å². The molecule has 0 aliphatic heterocycles. The molecule has 0 heterocycles. The molecule has 98 valence electrons. The number of amides is 4. The second-order valence-corrected chi connectivity index (χ2v) is 3.57. The molecule has 7 nitrogen and oxygen atoms in total. The Kier molecular flexibility index (Phi) is 6.88. The van der Waals surface area contributed by atoms with Crippen molar-refractivity contribution in [1.29, 1.82) is 0 Å². The van der Waals surface area contributed by atoms with E-state index in [9.17, 15) is 14.4 Å². The number of carbonyl (C=O) groups is 3. The molecule has 0 fully saturated rings. The first-order chi connectivity index (χ1) is 7.92. The number of likely N-dealkylation sites (N-methyl/N-ethyl adjacent to an activating group) is 1. The van der Waals surface area contributed by atoms with Crippen LogP contribution in [-0.2, 0) is 9.59 Å². The highest BCUT2D eigenvalue weighted by atomic mass is 16.2. The molecule has 7 heteroatoms. The van der Waals surface area contributed by atoms with E-state index >= 15 is 0 Å². The van der Waals surface area contributed by atoms with Crippen LogP contribution in [0.2, 0.25) is 0 Å². The smallest absolute Gasteiger partial charge is 0.321 e. The molecule has 0 aromatic carbocycles. The largest absolute Gasteiger partial charge is 0.355 e. The first-order valence-corrected chi connectivity index (χ1v) is 5.48. The molecule has 0 spiro atoms. The summed E-state index contributed by atoms with van der Waals surface area (Å²) in [4.78, 5) is 33.8. The average molecular weight is 244 g/mol. The third-order valence-corrected chi connectivity index (χ3v) is 2.10. The summed E-state index contributed by atoms with van der Waals surface area (Å²) in [6.45, 7) is 5.57. The van der Waals surface area contributed by atoms with Crippen LogP contribution in [0.15, 0.2) is 0 Å². The molecule has 4 amide bonds. The van der Waals surface area contributed by atoms with Crippen molar-refractivity contribution in [3.05, 3.63) is 0 Å². The van der Waals surface area contributed by atoms with Crippen LogP contribution >= 0.6 is 0 Å². The van der Waals surface area contributed by atoms with E-state index in [1.54, 1.807) is 13.8 Å². The highest BCUT2D eigenvalue weighted by Gasteiger charge is 2.20. The second-order valence-electron chi connectivity index (χ2n) is 3.57. The van der Waals surface area contributed by atoms with Crippen LogP contribution in [0.5, 0.6) is 0 Å². The fraction of sp³-hybridized carbons (Fsp3) is 0.700. The quantitative estimate of drug-likeness (QED) is 0.495. The van der Waals surface area contributed by atoms with Crippen LogP contribution in [0.4, 0.5) is 4.79 Å². The van der Waals surface area contributed by atoms with Crippen molar-refractivity contribution in [3.8, 4) is 0 Å². The van der Waals surface area contributed by atoms with E-state index in [1.165, 1.54) is 7.05 Å². The monoisotopic (exact) mass is 244 g/mol. The minimum Gasteiger partial charge on any atom is -0.355 e. The fourth-order valence-electron chi connectivity index (χ4n) is 1.14. The normalized spacial score (nSPS) is 13.4. The van der Waals surface area contributed by atoms with E-state index in [0.717, 1.165) is 0 Å². The summed E-state index contributed by atoms with van der Waals surface area (Å²) in [5.74, 6) is -0.674. The van der Waals surface area contributed by atoms with Crippen LogP contribution in [0.1, 0.15) is 20.8 Å². The van der Waals surface area contributed by atoms with Crippen LogP contribution in [-0.4, -0.2) is 43.5 Å². The Morgan fingerprint density at radius 1 is 1.06 bits per heavy atom. The van der Waals surface area contributed by atoms with E-state index in [0.29, 0.717) is 6.54 Å². The Morgan fingerprint density at radius 3 is 2.06 bits per heavy atom. The Bertz CT molecular complexity index is 293. The zero-order chi connectivity index (χ0) is 13.4. The summed E-state index contributed by atoms with van der Waals surface area (Å²) in [5, 5.41) is 9.81. The van der Waals surface area contributed by atoms with Crippen molar-refractivity contribution >= 4 is 17.8 Å². The van der Waals surface area contributed by atoms with Gasteiger partial charge in [-0.1, -0.05) is 0 Å². The third kappa shape index (κ3) is 5.86. The van der Waals surface area contributed by atoms with Crippen molar-refractivity contribution in [1.82, 2.24) is 21.3 Å². The molecule has 2 atom stereocenters. The van der Waals surface area contributed by atoms with Crippen molar-refractivity contribution < 1.29 is 14.4 Å². The van der Waals surface area contributed by atoms with Crippen molar-refractivity contribution in [3.63, 3.8) is 0 Å². The van der Waals surface area contributed by atoms with Crippen LogP contribution < -0.4 is 21.3 Å². The van der Waals surface area contributed by atoms with Gasteiger partial charge in [-0.3, -0.25) is 20.2 Å². The molecule has 0 aromatic rings. The summed E-state index contributed by atoms with van der Waals surface area (Å²) < 4.78 is 0. The molecule has 0 saturated heterocycles. The van der Waals surface area contributed by atoms with Crippen molar-refractivity contribution in [2.75, 3.05) is 13.6 Å². The molecule has 17 heavy (non-hydrogen) atoms. The molecule has 0 aliphatic rings. The van der Waals surface area contributed by atoms with E-state index in [1.807, 2.05) is 6.92 Å². The summed E-state index contributed by atoms with van der Waals surface area (Å²) in [6, 6.07) is -1.71. The predicted molar refractivity (Wildman–Crippen MR) is 63.3 cm³/mol. The predicted octanol–water partition coefficient (Wildman–Crippen LogP) is -1.06. The van der Waals surface area contributed by atoms with Gasteiger partial charge in [0.05, 0.1) is 12.1 Å². The second kappa shape index (κ2) is 7.61. The maximum absolute atomic E-state index is 11.5. The standard InChI is InChI=1S/C10H20N4O3/c1-5-12-8(15)6(2)13-7(3)9(16)14-10(17)11-4/h6-7,13H,5H2,1-4H3,(H,12,15)(H2,11,14,16,17). The molecule has 0 saturated carbocycles. The number of urea groups is 1. The average Bonchev–Trinajstić information content (AvgIpc) is 2.28. The van der Waals surface area contributed by atoms with Crippen molar-refractivity contribution in [2.24, 2.45) is 0 Å². The molecule has 0 bridgehead atoms. The van der Waals surface area contributed by atoms with E-state index in [4.69, 9.17) is 0 Å². The number of imide groups is 1. The summed E-state index contributed by atoms with van der Waals surface area (Å²) in [7, 11) is 1.41. The lowest BCUT2D eigenvalue weighted by Gasteiger charge is -2.18. The molecule has 4 N–H and O–H groups in total. The molecular formula is C10H20N4O3. The lowest BCUT2D eigenvalue weighted by molar-refractivity contribution is -0.124. The molecule has 0 rings (SSSR count). The Labute approximate surface area is 101 Å². The van der Waals surface area contributed by atoms with Crippen molar-refractivity contribution in [2.45, 2.75) is 32.9 Å². The lowest BCUT2D eigenvalue weighted by Crippen LogP contribution is -2.53. The van der Waals surface area contributed by atoms with E-state index < -0.39 is 24.0 Å². The van der Waals surface area contributed by atoms with Gasteiger partial charge in [0.15, 0.2) is 0 Å². The van der Waals surface area contributed by atoms with Gasteiger partial charge in [-0.05, 0) is 20.8 Å². The molecule has 0 radical (unpaired) electrons. The number of nitrogens with one attached hydrogen (secondary N) is 4. The highest BCUT2D eigenvalue weighted by molar-refractivity contribution is 5.97. The maximum atomic E-state index is 11.5. The van der Waals surface area contributed by atoms with E-state index in [-0.39, 0.29) is 5.91 Å². The van der Waals surface area contributed by atoms with Gasteiger partial charge in [0.1, 0.15) is 0 Å². The highest BCUT2D eigenvalue weighted by Crippen LogP contribution is 1.88. The van der Waals surface area contributed by atoms with Gasteiger partial charge in [0, 0.05) is 13.6 Å². The molecular weight excluding hydrogens is 224 g/mol. The van der Waals surface area contributed by atoms with Gasteiger partial charge in [0.2, 0.25) is 11.8 Å². The number of carbonyl (C=O) groups excluding carboxylic acids is 3. The Hall–Kier alpha value is -1.63. The molecule has 0 aromatic heterocycles. The fourth-order valence-corrected chi connectivity index (χ4v) is 1.14. The Balaban J connectivity index is 4.15. The lowest BCUT2D eigenvalue weighted by atomic mass is 10.2. The molecule has 2 unspecified atom stereocenters. The van der Waals surface area contributed by atoms with Gasteiger partial charge >= 0.3 is 6.03 Å². The van der Waals surface area contributed by atoms with Gasteiger partial charge < -0.3 is 10.6 Å². The number of hydrogen-bond donors (Lipinski definition) is 4. The summed E-state index contributed by atoms with van der Waals surface area (Å²) in [6.07, 6.45) is 0. The Morgan fingerprint density at radius 2 is 1.59 bits per heavy atom. The molecule has 0 aliphatic carbocycles. The first-order valence-electron chi connectivity index (χ1n) is 5.48. The SMILES string of the molecule is CCNC(=O)C(C)NC(C)C(=O)NC(=O)NC. The van der Waals surface area contributed by atoms with Crippen LogP contribution in [0.25, 0.3) is 0 Å².